The molecular formula is C25H29N5O2. The summed E-state index contributed by atoms with van der Waals surface area (Å²) in [4.78, 5) is 24.1. The average Bonchev–Trinajstić information content (AvgIpc) is 3.33. The fourth-order valence-electron chi connectivity index (χ4n) is 4.01. The van der Waals surface area contributed by atoms with Gasteiger partial charge in [-0.3, -0.25) is 10.1 Å². The molecule has 0 aliphatic heterocycles. The van der Waals surface area contributed by atoms with Gasteiger partial charge < -0.3 is 11.1 Å². The first kappa shape index (κ1) is 21.6. The molecule has 7 heteroatoms. The molecule has 4 N–H and O–H groups in total. The van der Waals surface area contributed by atoms with Crippen LogP contribution in [0, 0.1) is 0 Å². The zero-order valence-electron chi connectivity index (χ0n) is 18.7. The summed E-state index contributed by atoms with van der Waals surface area (Å²) in [5.74, 6) is 0.209. The number of hydrogen-bond acceptors (Lipinski definition) is 3. The van der Waals surface area contributed by atoms with Crippen LogP contribution >= 0.6 is 0 Å². The summed E-state index contributed by atoms with van der Waals surface area (Å²) in [6.45, 7) is 6.23. The van der Waals surface area contributed by atoms with E-state index in [1.54, 1.807) is 4.68 Å². The van der Waals surface area contributed by atoms with Crippen LogP contribution in [-0.2, 0) is 23.1 Å². The smallest absolute Gasteiger partial charge is 0.320 e. The number of carbonyl (C=O) groups is 2. The van der Waals surface area contributed by atoms with E-state index in [-0.39, 0.29) is 29.8 Å². The van der Waals surface area contributed by atoms with Crippen molar-refractivity contribution in [3.63, 3.8) is 0 Å². The Kier molecular flexibility index (Phi) is 5.74. The van der Waals surface area contributed by atoms with Gasteiger partial charge >= 0.3 is 6.03 Å². The number of nitrogens with zero attached hydrogens (tertiary/aromatic N) is 2. The van der Waals surface area contributed by atoms with Crippen molar-refractivity contribution in [2.75, 3.05) is 5.32 Å². The highest BCUT2D eigenvalue weighted by Crippen LogP contribution is 2.31. The first-order valence-corrected chi connectivity index (χ1v) is 10.8. The number of nitrogens with one attached hydrogen (secondary N) is 2. The maximum absolute atomic E-state index is 12.9. The van der Waals surface area contributed by atoms with Crippen LogP contribution in [0.2, 0.25) is 0 Å². The minimum Gasteiger partial charge on any atom is -0.369 e. The first-order chi connectivity index (χ1) is 15.2. The van der Waals surface area contributed by atoms with Crippen LogP contribution in [0.1, 0.15) is 55.6 Å². The second kappa shape index (κ2) is 8.49. The molecule has 32 heavy (non-hydrogen) atoms. The number of urea groups is 1. The average molecular weight is 432 g/mol. The highest BCUT2D eigenvalue weighted by Gasteiger charge is 2.25. The lowest BCUT2D eigenvalue weighted by Crippen LogP contribution is -2.32. The van der Waals surface area contributed by atoms with Crippen molar-refractivity contribution in [1.82, 2.24) is 15.1 Å². The SMILES string of the molecule is CC(C)(C)c1cc(NC(=O)N[C@H]2CCc3ccccc32)n(-c2ccc(CC(N)=O)cc2)n1. The Balaban J connectivity index is 1.57. The number of amides is 3. The Morgan fingerprint density at radius 3 is 2.53 bits per heavy atom. The molecule has 7 nitrogen and oxygen atoms in total. The van der Waals surface area contributed by atoms with Gasteiger partial charge in [0.25, 0.3) is 0 Å². The number of fused-ring (bicyclic) bond motifs is 1. The molecule has 0 spiro atoms. The van der Waals surface area contributed by atoms with Crippen LogP contribution in [0.4, 0.5) is 10.6 Å². The third-order valence-electron chi connectivity index (χ3n) is 5.72. The lowest BCUT2D eigenvalue weighted by molar-refractivity contribution is -0.117. The second-order valence-corrected chi connectivity index (χ2v) is 9.27. The van der Waals surface area contributed by atoms with Gasteiger partial charge in [0.1, 0.15) is 5.82 Å². The Morgan fingerprint density at radius 1 is 1.12 bits per heavy atom. The summed E-state index contributed by atoms with van der Waals surface area (Å²) in [5, 5.41) is 10.8. The van der Waals surface area contributed by atoms with Gasteiger partial charge in [0, 0.05) is 11.5 Å². The van der Waals surface area contributed by atoms with E-state index in [2.05, 4.69) is 43.5 Å². The van der Waals surface area contributed by atoms with E-state index >= 15 is 0 Å². The number of primary amides is 1. The molecule has 1 atom stereocenters. The molecule has 2 aromatic carbocycles. The molecule has 0 saturated heterocycles. The van der Waals surface area contributed by atoms with Gasteiger partial charge in [-0.15, -0.1) is 0 Å². The third-order valence-corrected chi connectivity index (χ3v) is 5.72. The van der Waals surface area contributed by atoms with E-state index in [9.17, 15) is 9.59 Å². The molecule has 0 unspecified atom stereocenters. The van der Waals surface area contributed by atoms with Crippen molar-refractivity contribution in [2.24, 2.45) is 5.73 Å². The van der Waals surface area contributed by atoms with E-state index in [1.807, 2.05) is 42.5 Å². The minimum atomic E-state index is -0.376. The molecule has 1 heterocycles. The van der Waals surface area contributed by atoms with Gasteiger partial charge in [0.2, 0.25) is 5.91 Å². The van der Waals surface area contributed by atoms with Crippen molar-refractivity contribution in [1.29, 1.82) is 0 Å². The number of aromatic nitrogens is 2. The second-order valence-electron chi connectivity index (χ2n) is 9.27. The molecular weight excluding hydrogens is 402 g/mol. The quantitative estimate of drug-likeness (QED) is 0.569. The van der Waals surface area contributed by atoms with Crippen molar-refractivity contribution in [3.05, 3.63) is 77.0 Å². The van der Waals surface area contributed by atoms with Crippen LogP contribution in [0.15, 0.2) is 54.6 Å². The van der Waals surface area contributed by atoms with Crippen molar-refractivity contribution >= 4 is 17.8 Å². The normalized spacial score (nSPS) is 15.3. The molecule has 0 fully saturated rings. The van der Waals surface area contributed by atoms with Crippen molar-refractivity contribution in [2.45, 2.75) is 51.5 Å². The summed E-state index contributed by atoms with van der Waals surface area (Å²) >= 11 is 0. The fraction of sp³-hybridized carbons (Fsp3) is 0.320. The van der Waals surface area contributed by atoms with Gasteiger partial charge in [0.15, 0.2) is 0 Å². The molecule has 0 radical (unpaired) electrons. The maximum atomic E-state index is 12.9. The molecule has 3 aromatic rings. The number of carbonyl (C=O) groups excluding carboxylic acids is 2. The summed E-state index contributed by atoms with van der Waals surface area (Å²) < 4.78 is 1.72. The maximum Gasteiger partial charge on any atom is 0.320 e. The molecule has 1 aliphatic carbocycles. The summed E-state index contributed by atoms with van der Waals surface area (Å²) in [6.07, 6.45) is 2.04. The Labute approximate surface area is 188 Å². The van der Waals surface area contributed by atoms with Crippen LogP contribution < -0.4 is 16.4 Å². The molecule has 3 amide bonds. The van der Waals surface area contributed by atoms with Crippen molar-refractivity contribution in [3.8, 4) is 5.69 Å². The first-order valence-electron chi connectivity index (χ1n) is 10.8. The van der Waals surface area contributed by atoms with Crippen molar-refractivity contribution < 1.29 is 9.59 Å². The van der Waals surface area contributed by atoms with Gasteiger partial charge in [-0.1, -0.05) is 57.2 Å². The van der Waals surface area contributed by atoms with Gasteiger partial charge in [0.05, 0.1) is 23.8 Å². The van der Waals surface area contributed by atoms with Crippen LogP contribution in [0.5, 0.6) is 0 Å². The largest absolute Gasteiger partial charge is 0.369 e. The number of nitrogens with two attached hydrogens (primary N) is 1. The topological polar surface area (TPSA) is 102 Å². The van der Waals surface area contributed by atoms with E-state index in [4.69, 9.17) is 10.8 Å². The van der Waals surface area contributed by atoms with E-state index in [0.29, 0.717) is 5.82 Å². The Hall–Kier alpha value is -3.61. The summed E-state index contributed by atoms with van der Waals surface area (Å²) in [5.41, 5.74) is 10.0. The molecule has 166 valence electrons. The van der Waals surface area contributed by atoms with Gasteiger partial charge in [-0.2, -0.15) is 5.10 Å². The van der Waals surface area contributed by atoms with E-state index in [1.165, 1.54) is 11.1 Å². The molecule has 1 aromatic heterocycles. The number of benzene rings is 2. The molecule has 0 bridgehead atoms. The number of aryl methyl sites for hydroxylation is 1. The molecule has 4 rings (SSSR count). The zero-order chi connectivity index (χ0) is 22.9. The lowest BCUT2D eigenvalue weighted by atomic mass is 9.92. The number of hydrogen-bond donors (Lipinski definition) is 3. The fourth-order valence-corrected chi connectivity index (χ4v) is 4.01. The predicted molar refractivity (Wildman–Crippen MR) is 125 cm³/mol. The summed E-state index contributed by atoms with van der Waals surface area (Å²) in [6, 6.07) is 17.3. The lowest BCUT2D eigenvalue weighted by Gasteiger charge is -2.15. The number of anilines is 1. The Morgan fingerprint density at radius 2 is 1.84 bits per heavy atom. The monoisotopic (exact) mass is 431 g/mol. The van der Waals surface area contributed by atoms with E-state index < -0.39 is 0 Å². The minimum absolute atomic E-state index is 0.00209. The van der Waals surface area contributed by atoms with Gasteiger partial charge in [-0.25, -0.2) is 9.48 Å². The van der Waals surface area contributed by atoms with E-state index in [0.717, 1.165) is 29.8 Å². The van der Waals surface area contributed by atoms with Crippen LogP contribution in [0.25, 0.3) is 5.69 Å². The highest BCUT2D eigenvalue weighted by atomic mass is 16.2. The molecule has 1 aliphatic rings. The van der Waals surface area contributed by atoms with Crippen LogP contribution in [0.3, 0.4) is 0 Å². The molecule has 0 saturated carbocycles. The standard InChI is InChI=1S/C25H29N5O2/c1-25(2,3)21-15-23(30(29-21)18-11-8-16(9-12-18)14-22(26)31)28-24(32)27-20-13-10-17-6-4-5-7-19(17)20/h4-9,11-12,15,20H,10,13-14H2,1-3H3,(H2,26,31)(H2,27,28,32)/t20-/m0/s1. The zero-order valence-corrected chi connectivity index (χ0v) is 18.7. The number of rotatable bonds is 5. The van der Waals surface area contributed by atoms with Crippen LogP contribution in [-0.4, -0.2) is 21.7 Å². The summed E-state index contributed by atoms with van der Waals surface area (Å²) in [7, 11) is 0. The Bertz CT molecular complexity index is 1140. The van der Waals surface area contributed by atoms with Gasteiger partial charge in [-0.05, 0) is 41.7 Å². The predicted octanol–water partition coefficient (Wildman–Crippen LogP) is 4.01. The highest BCUT2D eigenvalue weighted by molar-refractivity contribution is 5.89. The third kappa shape index (κ3) is 4.66.